The van der Waals surface area contributed by atoms with Crippen molar-refractivity contribution in [3.63, 3.8) is 0 Å². The average molecular weight is 308 g/mol. The van der Waals surface area contributed by atoms with Crippen molar-refractivity contribution in [2.75, 3.05) is 46.8 Å². The summed E-state index contributed by atoms with van der Waals surface area (Å²) < 4.78 is 0. The van der Waals surface area contributed by atoms with Crippen molar-refractivity contribution in [3.8, 4) is 0 Å². The molecule has 1 saturated heterocycles. The number of piperazine rings is 1. The van der Waals surface area contributed by atoms with Gasteiger partial charge in [-0.1, -0.05) is 0 Å². The summed E-state index contributed by atoms with van der Waals surface area (Å²) >= 11 is 0. The third kappa shape index (κ3) is 4.27. The van der Waals surface area contributed by atoms with Gasteiger partial charge in [-0.15, -0.1) is 0 Å². The smallest absolute Gasteiger partial charge is 0.229 e. The molecule has 7 heteroatoms. The van der Waals surface area contributed by atoms with Gasteiger partial charge in [-0.3, -0.25) is 14.8 Å². The van der Waals surface area contributed by atoms with Crippen molar-refractivity contribution < 1.29 is 4.79 Å². The Morgan fingerprint density at radius 3 is 2.41 bits per heavy atom. The number of rotatable bonds is 5. The standard InChI is InChI=1S/C15H28N6O/c1-12-16-13(18-17-12)10-20-6-8-21(9-7-20)14(22)15(2,3)11-19(4)5/h6-11H2,1-5H3,(H,16,17,18). The lowest BCUT2D eigenvalue weighted by molar-refractivity contribution is -0.143. The number of H-pyrrole nitrogens is 1. The Hall–Kier alpha value is -1.47. The van der Waals surface area contributed by atoms with Crippen molar-refractivity contribution >= 4 is 5.91 Å². The second-order valence-electron chi connectivity index (χ2n) is 7.03. The first kappa shape index (κ1) is 16.9. The van der Waals surface area contributed by atoms with Crippen LogP contribution < -0.4 is 0 Å². The van der Waals surface area contributed by atoms with E-state index in [1.165, 1.54) is 0 Å². The molecule has 0 aliphatic carbocycles. The highest BCUT2D eigenvalue weighted by Crippen LogP contribution is 2.21. The normalized spacial score (nSPS) is 17.3. The summed E-state index contributed by atoms with van der Waals surface area (Å²) in [4.78, 5) is 23.4. The average Bonchev–Trinajstić information content (AvgIpc) is 2.83. The minimum atomic E-state index is -0.341. The zero-order valence-electron chi connectivity index (χ0n) is 14.4. The van der Waals surface area contributed by atoms with Gasteiger partial charge >= 0.3 is 0 Å². The van der Waals surface area contributed by atoms with E-state index in [0.717, 1.165) is 50.9 Å². The molecule has 1 aromatic heterocycles. The topological polar surface area (TPSA) is 68.4 Å². The summed E-state index contributed by atoms with van der Waals surface area (Å²) in [5.41, 5.74) is -0.341. The number of aromatic amines is 1. The Kier molecular flexibility index (Phi) is 5.18. The molecule has 1 amide bonds. The molecular formula is C15H28N6O. The monoisotopic (exact) mass is 308 g/mol. The van der Waals surface area contributed by atoms with Crippen molar-refractivity contribution in [3.05, 3.63) is 11.6 Å². The largest absolute Gasteiger partial charge is 0.340 e. The van der Waals surface area contributed by atoms with Crippen LogP contribution in [-0.4, -0.2) is 82.6 Å². The zero-order valence-corrected chi connectivity index (χ0v) is 14.4. The number of hydrogen-bond donors (Lipinski definition) is 1. The van der Waals surface area contributed by atoms with Gasteiger partial charge in [0.1, 0.15) is 5.82 Å². The predicted octanol–water partition coefficient (Wildman–Crippen LogP) is 0.345. The summed E-state index contributed by atoms with van der Waals surface area (Å²) in [5, 5.41) is 7.04. The van der Waals surface area contributed by atoms with Crippen molar-refractivity contribution in [1.29, 1.82) is 0 Å². The van der Waals surface area contributed by atoms with Crippen LogP contribution in [0.25, 0.3) is 0 Å². The maximum atomic E-state index is 12.7. The Morgan fingerprint density at radius 1 is 1.27 bits per heavy atom. The van der Waals surface area contributed by atoms with Gasteiger partial charge in [0, 0.05) is 32.7 Å². The lowest BCUT2D eigenvalue weighted by Crippen LogP contribution is -2.53. The zero-order chi connectivity index (χ0) is 16.3. The third-order valence-electron chi connectivity index (χ3n) is 3.96. The van der Waals surface area contributed by atoms with Gasteiger partial charge in [-0.05, 0) is 34.9 Å². The highest BCUT2D eigenvalue weighted by atomic mass is 16.2. The lowest BCUT2D eigenvalue weighted by atomic mass is 9.90. The van der Waals surface area contributed by atoms with Gasteiger partial charge in [0.25, 0.3) is 0 Å². The fourth-order valence-corrected chi connectivity index (χ4v) is 3.06. The van der Waals surface area contributed by atoms with Crippen LogP contribution in [0.15, 0.2) is 0 Å². The maximum absolute atomic E-state index is 12.7. The first-order valence-corrected chi connectivity index (χ1v) is 7.82. The van der Waals surface area contributed by atoms with Crippen LogP contribution in [0.1, 0.15) is 25.5 Å². The minimum absolute atomic E-state index is 0.245. The van der Waals surface area contributed by atoms with Crippen molar-refractivity contribution in [1.82, 2.24) is 29.9 Å². The summed E-state index contributed by atoms with van der Waals surface area (Å²) in [6.45, 7) is 10.8. The number of nitrogens with zero attached hydrogens (tertiary/aromatic N) is 5. The third-order valence-corrected chi connectivity index (χ3v) is 3.96. The second kappa shape index (κ2) is 6.75. The van der Waals surface area contributed by atoms with Crippen molar-refractivity contribution in [2.24, 2.45) is 5.41 Å². The molecule has 2 rings (SSSR count). The maximum Gasteiger partial charge on any atom is 0.229 e. The summed E-state index contributed by atoms with van der Waals surface area (Å²) in [6.07, 6.45) is 0. The van der Waals surface area contributed by atoms with Gasteiger partial charge in [-0.25, -0.2) is 4.98 Å². The number of amides is 1. The first-order valence-electron chi connectivity index (χ1n) is 7.82. The van der Waals surface area contributed by atoms with Gasteiger partial charge < -0.3 is 9.80 Å². The molecule has 0 aromatic carbocycles. The second-order valence-corrected chi connectivity index (χ2v) is 7.03. The molecule has 7 nitrogen and oxygen atoms in total. The highest BCUT2D eigenvalue weighted by Gasteiger charge is 2.34. The van der Waals surface area contributed by atoms with E-state index >= 15 is 0 Å². The number of hydrogen-bond acceptors (Lipinski definition) is 5. The molecule has 0 radical (unpaired) electrons. The summed E-state index contributed by atoms with van der Waals surface area (Å²) in [5.74, 6) is 1.91. The molecule has 0 spiro atoms. The van der Waals surface area contributed by atoms with Gasteiger partial charge in [0.2, 0.25) is 5.91 Å². The van der Waals surface area contributed by atoms with Crippen LogP contribution in [0.5, 0.6) is 0 Å². The van der Waals surface area contributed by atoms with Crippen LogP contribution in [0.4, 0.5) is 0 Å². The van der Waals surface area contributed by atoms with Gasteiger partial charge in [-0.2, -0.15) is 5.10 Å². The molecule has 22 heavy (non-hydrogen) atoms. The van der Waals surface area contributed by atoms with E-state index in [2.05, 4.69) is 25.0 Å². The Labute approximate surface area is 132 Å². The molecule has 1 aliphatic heterocycles. The highest BCUT2D eigenvalue weighted by molar-refractivity contribution is 5.82. The molecule has 124 valence electrons. The van der Waals surface area contributed by atoms with Gasteiger partial charge in [0.05, 0.1) is 12.0 Å². The number of aryl methyl sites for hydroxylation is 1. The number of aromatic nitrogens is 3. The molecular weight excluding hydrogens is 280 g/mol. The minimum Gasteiger partial charge on any atom is -0.340 e. The van der Waals surface area contributed by atoms with E-state index in [-0.39, 0.29) is 11.3 Å². The van der Waals surface area contributed by atoms with E-state index in [0.29, 0.717) is 0 Å². The number of nitrogens with one attached hydrogen (secondary N) is 1. The van der Waals surface area contributed by atoms with E-state index < -0.39 is 0 Å². The molecule has 1 fully saturated rings. The van der Waals surface area contributed by atoms with Crippen LogP contribution in [0, 0.1) is 12.3 Å². The van der Waals surface area contributed by atoms with E-state index in [9.17, 15) is 4.79 Å². The van der Waals surface area contributed by atoms with Crippen LogP contribution in [0.2, 0.25) is 0 Å². The number of carbonyl (C=O) groups is 1. The summed E-state index contributed by atoms with van der Waals surface area (Å²) in [6, 6.07) is 0. The SMILES string of the molecule is Cc1nc(CN2CCN(C(=O)C(C)(C)CN(C)C)CC2)n[nH]1. The fraction of sp³-hybridized carbons (Fsp3) is 0.800. The lowest BCUT2D eigenvalue weighted by Gasteiger charge is -2.39. The summed E-state index contributed by atoms with van der Waals surface area (Å²) in [7, 11) is 4.01. The molecule has 1 aromatic rings. The molecule has 0 bridgehead atoms. The van der Waals surface area contributed by atoms with E-state index in [4.69, 9.17) is 0 Å². The predicted molar refractivity (Wildman–Crippen MR) is 85.3 cm³/mol. The molecule has 1 aliphatic rings. The van der Waals surface area contributed by atoms with E-state index in [1.807, 2.05) is 39.8 Å². The first-order chi connectivity index (χ1) is 10.3. The van der Waals surface area contributed by atoms with Gasteiger partial charge in [0.15, 0.2) is 5.82 Å². The fourth-order valence-electron chi connectivity index (χ4n) is 3.06. The molecule has 0 saturated carbocycles. The van der Waals surface area contributed by atoms with Crippen molar-refractivity contribution in [2.45, 2.75) is 27.3 Å². The Balaban J connectivity index is 1.85. The van der Waals surface area contributed by atoms with Crippen LogP contribution in [0.3, 0.4) is 0 Å². The number of carbonyl (C=O) groups excluding carboxylic acids is 1. The molecule has 0 atom stereocenters. The Bertz CT molecular complexity index is 502. The molecule has 0 unspecified atom stereocenters. The molecule has 2 heterocycles. The molecule has 1 N–H and O–H groups in total. The quantitative estimate of drug-likeness (QED) is 0.850. The van der Waals surface area contributed by atoms with Crippen LogP contribution >= 0.6 is 0 Å². The van der Waals surface area contributed by atoms with E-state index in [1.54, 1.807) is 0 Å². The Morgan fingerprint density at radius 2 is 1.91 bits per heavy atom. The van der Waals surface area contributed by atoms with Crippen LogP contribution in [-0.2, 0) is 11.3 Å².